The van der Waals surface area contributed by atoms with Crippen LogP contribution >= 0.6 is 0 Å². The molecule has 0 saturated carbocycles. The molecule has 0 N–H and O–H groups in total. The number of hydrogen-bond acceptors (Lipinski definition) is 4. The van der Waals surface area contributed by atoms with Gasteiger partial charge in [0.25, 0.3) is 6.71 Å². The van der Waals surface area contributed by atoms with Gasteiger partial charge in [0.15, 0.2) is 5.82 Å². The molecule has 0 saturated heterocycles. The number of hydrogen-bond donors (Lipinski definition) is 0. The molecule has 2 aliphatic heterocycles. The number of fused-ring (bicyclic) bond motifs is 8. The van der Waals surface area contributed by atoms with Crippen molar-refractivity contribution in [2.24, 2.45) is 0 Å². The van der Waals surface area contributed by atoms with Crippen molar-refractivity contribution in [1.82, 2.24) is 9.97 Å². The fourth-order valence-corrected chi connectivity index (χ4v) is 15.4. The molecule has 15 aromatic carbocycles. The predicted octanol–water partition coefficient (Wildman–Crippen LogP) is 23.4. The van der Waals surface area contributed by atoms with E-state index in [2.05, 4.69) is 373 Å². The van der Waals surface area contributed by atoms with Gasteiger partial charge in [0, 0.05) is 50.8 Å². The maximum atomic E-state index is 5.94. The first kappa shape index (κ1) is 59.6. The number of anilines is 6. The first-order valence-electron chi connectivity index (χ1n) is 34.6. The van der Waals surface area contributed by atoms with E-state index in [4.69, 9.17) is 9.97 Å². The van der Waals surface area contributed by atoms with Crippen LogP contribution in [0.5, 0.6) is 0 Å². The van der Waals surface area contributed by atoms with E-state index >= 15 is 0 Å². The van der Waals surface area contributed by atoms with E-state index in [-0.39, 0.29) is 17.5 Å². The van der Waals surface area contributed by atoms with Crippen LogP contribution in [-0.4, -0.2) is 16.7 Å². The predicted molar refractivity (Wildman–Crippen MR) is 422 cm³/mol. The summed E-state index contributed by atoms with van der Waals surface area (Å²) in [5.41, 5.74) is 26.2. The SMILES string of the molecule is CC(C)(C)c1ccc(N2c3cc4cc5ccccc5cc4cc3B3c4cc5cc6ccccc6cc5cc4N(c4ccc(C(C)(C)C)cc4)c4cc(-c5cc(-c6cc(-c7ccccc7)cc(-c7ccccc7)c6)nc(-c6cc(-c7ccccc7)cc(-c7ccccc7)c6)n5)cc2c43)cc1. The summed E-state index contributed by atoms with van der Waals surface area (Å²) >= 11 is 0. The van der Waals surface area contributed by atoms with Gasteiger partial charge in [-0.25, -0.2) is 9.97 Å². The van der Waals surface area contributed by atoms with Crippen LogP contribution in [0.15, 0.2) is 322 Å². The molecule has 0 spiro atoms. The molecular formula is C94H71BN4. The summed E-state index contributed by atoms with van der Waals surface area (Å²) in [4.78, 5) is 16.9. The molecule has 0 radical (unpaired) electrons. The molecule has 99 heavy (non-hydrogen) atoms. The lowest BCUT2D eigenvalue weighted by Gasteiger charge is -2.45. The van der Waals surface area contributed by atoms with Gasteiger partial charge in [-0.15, -0.1) is 0 Å². The Morgan fingerprint density at radius 2 is 0.545 bits per heavy atom. The van der Waals surface area contributed by atoms with Gasteiger partial charge in [-0.05, 0) is 241 Å². The Labute approximate surface area is 579 Å². The van der Waals surface area contributed by atoms with Crippen molar-refractivity contribution < 1.29 is 0 Å². The Morgan fingerprint density at radius 3 is 0.889 bits per heavy atom. The lowest BCUT2D eigenvalue weighted by atomic mass is 9.33. The molecule has 3 heterocycles. The lowest BCUT2D eigenvalue weighted by molar-refractivity contribution is 0.590. The van der Waals surface area contributed by atoms with E-state index < -0.39 is 0 Å². The smallest absolute Gasteiger partial charge is 0.252 e. The molecular weight excluding hydrogens is 1200 g/mol. The van der Waals surface area contributed by atoms with Crippen molar-refractivity contribution in [3.8, 4) is 78.4 Å². The van der Waals surface area contributed by atoms with E-state index in [1.807, 2.05) is 0 Å². The van der Waals surface area contributed by atoms with Crippen LogP contribution in [0.3, 0.4) is 0 Å². The molecule has 2 aliphatic rings. The van der Waals surface area contributed by atoms with Crippen LogP contribution in [0, 0.1) is 0 Å². The Balaban J connectivity index is 0.967. The van der Waals surface area contributed by atoms with Crippen molar-refractivity contribution in [2.75, 3.05) is 9.80 Å². The second kappa shape index (κ2) is 23.4. The van der Waals surface area contributed by atoms with Gasteiger partial charge in [-0.3, -0.25) is 0 Å². The highest BCUT2D eigenvalue weighted by molar-refractivity contribution is 7.00. The third-order valence-electron chi connectivity index (χ3n) is 20.6. The molecule has 0 fully saturated rings. The van der Waals surface area contributed by atoms with Crippen molar-refractivity contribution in [3.63, 3.8) is 0 Å². The minimum atomic E-state index is -0.179. The Hall–Kier alpha value is -11.9. The van der Waals surface area contributed by atoms with Crippen LogP contribution in [0.4, 0.5) is 34.1 Å². The summed E-state index contributed by atoms with van der Waals surface area (Å²) < 4.78 is 0. The van der Waals surface area contributed by atoms with Gasteiger partial charge in [0.2, 0.25) is 0 Å². The maximum absolute atomic E-state index is 5.94. The van der Waals surface area contributed by atoms with Crippen LogP contribution in [-0.2, 0) is 10.8 Å². The van der Waals surface area contributed by atoms with Gasteiger partial charge < -0.3 is 9.80 Å². The standard InChI is InChI=1S/C94H71BN4/c1-93(2,3)79-35-39-81(40-36-79)98-87-55-74-45-66-33-21-19-31-64(66)43-72(74)53-83(87)95-84-54-73-44-65-32-20-22-34-67(65)46-75(73)56-88(84)99(82-41-37-80(38-42-82)94(4,5)6)90-58-77(57-89(98)91(90)95)86-59-85(76-49-68(60-23-11-7-12-24-60)47-69(50-76)61-25-13-8-14-26-61)96-92(97-86)78-51-70(62-27-15-9-16-28-62)48-71(52-78)63-29-17-10-18-30-63/h7-59H,1-6H3. The summed E-state index contributed by atoms with van der Waals surface area (Å²) in [5.74, 6) is 0.630. The van der Waals surface area contributed by atoms with Crippen LogP contribution in [0.2, 0.25) is 0 Å². The third kappa shape index (κ3) is 10.7. The van der Waals surface area contributed by atoms with E-state index in [0.717, 1.165) is 107 Å². The van der Waals surface area contributed by atoms with Crippen LogP contribution in [0.25, 0.3) is 122 Å². The molecule has 16 aromatic rings. The number of benzene rings is 15. The van der Waals surface area contributed by atoms with Gasteiger partial charge in [0.1, 0.15) is 0 Å². The summed E-state index contributed by atoms with van der Waals surface area (Å²) in [6.45, 7) is 13.6. The largest absolute Gasteiger partial charge is 0.311 e. The summed E-state index contributed by atoms with van der Waals surface area (Å²) in [7, 11) is 0. The van der Waals surface area contributed by atoms with Gasteiger partial charge in [-0.1, -0.05) is 248 Å². The zero-order chi connectivity index (χ0) is 66.7. The second-order valence-corrected chi connectivity index (χ2v) is 29.1. The van der Waals surface area contributed by atoms with Crippen molar-refractivity contribution in [2.45, 2.75) is 52.4 Å². The fourth-order valence-electron chi connectivity index (χ4n) is 15.4. The zero-order valence-electron chi connectivity index (χ0n) is 56.5. The molecule has 0 unspecified atom stereocenters. The van der Waals surface area contributed by atoms with Gasteiger partial charge in [-0.2, -0.15) is 0 Å². The fraction of sp³-hybridized carbons (Fsp3) is 0.0851. The molecule has 0 aliphatic carbocycles. The maximum Gasteiger partial charge on any atom is 0.252 e. The van der Waals surface area contributed by atoms with Gasteiger partial charge in [0.05, 0.1) is 11.4 Å². The molecule has 0 amide bonds. The van der Waals surface area contributed by atoms with E-state index in [9.17, 15) is 0 Å². The van der Waals surface area contributed by atoms with E-state index in [1.54, 1.807) is 0 Å². The Bertz CT molecular complexity index is 5390. The van der Waals surface area contributed by atoms with Crippen LogP contribution < -0.4 is 26.2 Å². The first-order valence-corrected chi connectivity index (χ1v) is 34.6. The van der Waals surface area contributed by atoms with E-state index in [0.29, 0.717) is 5.82 Å². The molecule has 0 bridgehead atoms. The highest BCUT2D eigenvalue weighted by atomic mass is 15.2. The minimum absolute atomic E-state index is 0.0615. The zero-order valence-corrected chi connectivity index (χ0v) is 56.5. The number of rotatable bonds is 9. The average Bonchev–Trinajstić information content (AvgIpc) is 0.690. The highest BCUT2D eigenvalue weighted by Gasteiger charge is 2.44. The van der Waals surface area contributed by atoms with E-state index in [1.165, 1.54) is 70.6 Å². The molecule has 1 aromatic heterocycles. The summed E-state index contributed by atoms with van der Waals surface area (Å²) in [6.07, 6.45) is 0. The average molecular weight is 1270 g/mol. The molecule has 5 heteroatoms. The Kier molecular flexibility index (Phi) is 14.1. The third-order valence-corrected chi connectivity index (χ3v) is 20.6. The molecule has 4 nitrogen and oxygen atoms in total. The lowest BCUT2D eigenvalue weighted by Crippen LogP contribution is -2.61. The van der Waals surface area contributed by atoms with Crippen molar-refractivity contribution >= 4 is 100 Å². The highest BCUT2D eigenvalue weighted by Crippen LogP contribution is 2.49. The van der Waals surface area contributed by atoms with Crippen LogP contribution in [0.1, 0.15) is 52.7 Å². The second-order valence-electron chi connectivity index (χ2n) is 29.1. The number of nitrogens with zero attached hydrogens (tertiary/aromatic N) is 4. The van der Waals surface area contributed by atoms with Crippen molar-refractivity contribution in [3.05, 3.63) is 333 Å². The number of aromatic nitrogens is 2. The monoisotopic (exact) mass is 1270 g/mol. The summed E-state index contributed by atoms with van der Waals surface area (Å²) in [6, 6.07) is 120. The van der Waals surface area contributed by atoms with Gasteiger partial charge >= 0.3 is 0 Å². The normalized spacial score (nSPS) is 12.7. The minimum Gasteiger partial charge on any atom is -0.311 e. The Morgan fingerprint density at radius 1 is 0.242 bits per heavy atom. The van der Waals surface area contributed by atoms with Crippen molar-refractivity contribution in [1.29, 1.82) is 0 Å². The topological polar surface area (TPSA) is 32.3 Å². The quantitative estimate of drug-likeness (QED) is 0.106. The molecule has 0 atom stereocenters. The first-order chi connectivity index (χ1) is 48.3. The molecule has 470 valence electrons. The summed E-state index contributed by atoms with van der Waals surface area (Å²) in [5, 5.41) is 9.69. The molecule has 18 rings (SSSR count).